The van der Waals surface area contributed by atoms with Crippen LogP contribution in [0.4, 0.5) is 13.2 Å². The molecule has 7 heteroatoms. The Labute approximate surface area is 146 Å². The van der Waals surface area contributed by atoms with Crippen molar-refractivity contribution in [1.29, 1.82) is 0 Å². The van der Waals surface area contributed by atoms with Crippen molar-refractivity contribution >= 4 is 5.91 Å². The van der Waals surface area contributed by atoms with Crippen molar-refractivity contribution in [3.05, 3.63) is 48.0 Å². The molecule has 0 fully saturated rings. The fourth-order valence-corrected chi connectivity index (χ4v) is 1.89. The number of halogens is 3. The Morgan fingerprint density at radius 2 is 1.80 bits per heavy atom. The van der Waals surface area contributed by atoms with Crippen LogP contribution >= 0.6 is 0 Å². The Bertz CT molecular complexity index is 544. The minimum absolute atomic E-state index is 0.0572. The van der Waals surface area contributed by atoms with Crippen LogP contribution in [0.15, 0.2) is 42.5 Å². The van der Waals surface area contributed by atoms with Gasteiger partial charge in [0.2, 0.25) is 0 Å². The third kappa shape index (κ3) is 8.69. The fourth-order valence-electron chi connectivity index (χ4n) is 1.89. The SMILES string of the molecule is CC(C)[C@@H](/C=C/[C@@H](C)OCOCc1ccccc1)NC(=O)C(F)(F)F. The molecule has 140 valence electrons. The predicted molar refractivity (Wildman–Crippen MR) is 88.6 cm³/mol. The van der Waals surface area contributed by atoms with E-state index in [1.165, 1.54) is 6.08 Å². The molecule has 0 aromatic heterocycles. The van der Waals surface area contributed by atoms with Crippen LogP contribution in [-0.4, -0.2) is 31.0 Å². The summed E-state index contributed by atoms with van der Waals surface area (Å²) in [6.45, 7) is 5.65. The molecule has 1 aromatic rings. The van der Waals surface area contributed by atoms with Crippen molar-refractivity contribution in [3.8, 4) is 0 Å². The van der Waals surface area contributed by atoms with Crippen molar-refractivity contribution in [2.45, 2.75) is 45.7 Å². The molecule has 1 amide bonds. The number of benzene rings is 1. The van der Waals surface area contributed by atoms with Gasteiger partial charge in [0.25, 0.3) is 0 Å². The molecule has 25 heavy (non-hydrogen) atoms. The summed E-state index contributed by atoms with van der Waals surface area (Å²) in [6.07, 6.45) is -2.14. The summed E-state index contributed by atoms with van der Waals surface area (Å²) in [4.78, 5) is 11.0. The highest BCUT2D eigenvalue weighted by Crippen LogP contribution is 2.16. The summed E-state index contributed by atoms with van der Waals surface area (Å²) in [5.41, 5.74) is 1.02. The largest absolute Gasteiger partial charge is 0.471 e. The van der Waals surface area contributed by atoms with Crippen molar-refractivity contribution in [3.63, 3.8) is 0 Å². The van der Waals surface area contributed by atoms with Crippen LogP contribution < -0.4 is 5.32 Å². The topological polar surface area (TPSA) is 47.6 Å². The third-order valence-electron chi connectivity index (χ3n) is 3.39. The Morgan fingerprint density at radius 1 is 1.16 bits per heavy atom. The third-order valence-corrected chi connectivity index (χ3v) is 3.39. The quantitative estimate of drug-likeness (QED) is 0.414. The lowest BCUT2D eigenvalue weighted by Crippen LogP contribution is -2.44. The van der Waals surface area contributed by atoms with Crippen molar-refractivity contribution in [1.82, 2.24) is 5.32 Å². The van der Waals surface area contributed by atoms with Gasteiger partial charge in [-0.15, -0.1) is 0 Å². The van der Waals surface area contributed by atoms with Crippen molar-refractivity contribution < 1.29 is 27.4 Å². The lowest BCUT2D eigenvalue weighted by atomic mass is 10.0. The molecule has 0 spiro atoms. The molecule has 0 heterocycles. The number of hydrogen-bond donors (Lipinski definition) is 1. The number of hydrogen-bond acceptors (Lipinski definition) is 3. The van der Waals surface area contributed by atoms with Gasteiger partial charge >= 0.3 is 12.1 Å². The summed E-state index contributed by atoms with van der Waals surface area (Å²) in [5.74, 6) is -2.14. The number of carbonyl (C=O) groups excluding carboxylic acids is 1. The predicted octanol–water partition coefficient (Wildman–Crippen LogP) is 3.83. The second-order valence-corrected chi connectivity index (χ2v) is 5.95. The molecule has 0 saturated heterocycles. The highest BCUT2D eigenvalue weighted by Gasteiger charge is 2.39. The number of ether oxygens (including phenoxy) is 2. The van der Waals surface area contributed by atoms with Crippen LogP contribution in [0, 0.1) is 5.92 Å². The molecule has 0 radical (unpaired) electrons. The van der Waals surface area contributed by atoms with Gasteiger partial charge in [-0.3, -0.25) is 4.79 Å². The zero-order valence-corrected chi connectivity index (χ0v) is 14.5. The average Bonchev–Trinajstić information content (AvgIpc) is 2.55. The number of carbonyl (C=O) groups is 1. The van der Waals surface area contributed by atoms with E-state index in [1.807, 2.05) is 35.6 Å². The molecular weight excluding hydrogens is 335 g/mol. The number of amides is 1. The van der Waals surface area contributed by atoms with E-state index in [1.54, 1.807) is 26.8 Å². The molecule has 0 unspecified atom stereocenters. The zero-order chi connectivity index (χ0) is 18.9. The molecule has 0 bridgehead atoms. The summed E-state index contributed by atoms with van der Waals surface area (Å²) in [6, 6.07) is 8.86. The van der Waals surface area contributed by atoms with Gasteiger partial charge < -0.3 is 14.8 Å². The van der Waals surface area contributed by atoms with Crippen LogP contribution in [0.5, 0.6) is 0 Å². The van der Waals surface area contributed by atoms with E-state index in [4.69, 9.17) is 9.47 Å². The van der Waals surface area contributed by atoms with Gasteiger partial charge in [0.15, 0.2) is 0 Å². The second kappa shape index (κ2) is 10.2. The van der Waals surface area contributed by atoms with Crippen LogP contribution in [0.2, 0.25) is 0 Å². The Hall–Kier alpha value is -1.86. The van der Waals surface area contributed by atoms with Gasteiger partial charge in [-0.2, -0.15) is 13.2 Å². The minimum Gasteiger partial charge on any atom is -0.351 e. The van der Waals surface area contributed by atoms with E-state index in [0.717, 1.165) is 5.56 Å². The Kier molecular flexibility index (Phi) is 8.65. The van der Waals surface area contributed by atoms with E-state index in [0.29, 0.717) is 6.61 Å². The van der Waals surface area contributed by atoms with E-state index in [9.17, 15) is 18.0 Å². The molecule has 1 aromatic carbocycles. The molecular formula is C18H24F3NO3. The Morgan fingerprint density at radius 3 is 2.36 bits per heavy atom. The molecule has 0 saturated carbocycles. The Balaban J connectivity index is 2.38. The van der Waals surface area contributed by atoms with Gasteiger partial charge in [-0.05, 0) is 18.4 Å². The number of nitrogens with one attached hydrogen (secondary N) is 1. The van der Waals surface area contributed by atoms with E-state index >= 15 is 0 Å². The molecule has 4 nitrogen and oxygen atoms in total. The van der Waals surface area contributed by atoms with Crippen molar-refractivity contribution in [2.24, 2.45) is 5.92 Å². The summed E-state index contributed by atoms with van der Waals surface area (Å²) >= 11 is 0. The minimum atomic E-state index is -4.89. The molecule has 0 aliphatic rings. The number of rotatable bonds is 9. The van der Waals surface area contributed by atoms with E-state index in [-0.39, 0.29) is 18.8 Å². The lowest BCUT2D eigenvalue weighted by Gasteiger charge is -2.20. The maximum Gasteiger partial charge on any atom is 0.471 e. The maximum atomic E-state index is 12.3. The highest BCUT2D eigenvalue weighted by molar-refractivity contribution is 5.82. The first-order valence-corrected chi connectivity index (χ1v) is 7.99. The maximum absolute atomic E-state index is 12.3. The summed E-state index contributed by atoms with van der Waals surface area (Å²) < 4.78 is 47.8. The summed E-state index contributed by atoms with van der Waals surface area (Å²) in [7, 11) is 0. The fraction of sp³-hybridized carbons (Fsp3) is 0.500. The van der Waals surface area contributed by atoms with E-state index < -0.39 is 18.1 Å². The first kappa shape index (κ1) is 21.2. The standard InChI is InChI=1S/C18H24F3NO3/c1-13(2)16(22-17(23)18(19,20)21)10-9-14(3)25-12-24-11-15-7-5-4-6-8-15/h4-10,13-14,16H,11-12H2,1-3H3,(H,22,23)/b10-9+/t14-,16-/m1/s1. The van der Waals surface area contributed by atoms with Crippen LogP contribution in [0.25, 0.3) is 0 Å². The molecule has 0 aliphatic heterocycles. The molecule has 1 rings (SSSR count). The molecule has 0 aliphatic carbocycles. The molecule has 2 atom stereocenters. The molecule has 1 N–H and O–H groups in total. The monoisotopic (exact) mass is 359 g/mol. The van der Waals surface area contributed by atoms with Crippen LogP contribution in [-0.2, 0) is 20.9 Å². The van der Waals surface area contributed by atoms with Gasteiger partial charge in [-0.25, -0.2) is 0 Å². The number of alkyl halides is 3. The average molecular weight is 359 g/mol. The lowest BCUT2D eigenvalue weighted by molar-refractivity contribution is -0.174. The zero-order valence-electron chi connectivity index (χ0n) is 14.5. The van der Waals surface area contributed by atoms with Crippen LogP contribution in [0.1, 0.15) is 26.3 Å². The van der Waals surface area contributed by atoms with Crippen molar-refractivity contribution in [2.75, 3.05) is 6.79 Å². The summed E-state index contributed by atoms with van der Waals surface area (Å²) in [5, 5.41) is 1.96. The highest BCUT2D eigenvalue weighted by atomic mass is 19.4. The second-order valence-electron chi connectivity index (χ2n) is 5.95. The first-order chi connectivity index (χ1) is 11.7. The van der Waals surface area contributed by atoms with Gasteiger partial charge in [-0.1, -0.05) is 56.3 Å². The smallest absolute Gasteiger partial charge is 0.351 e. The van der Waals surface area contributed by atoms with E-state index in [2.05, 4.69) is 0 Å². The van der Waals surface area contributed by atoms with Gasteiger partial charge in [0.05, 0.1) is 12.7 Å². The van der Waals surface area contributed by atoms with Gasteiger partial charge in [0, 0.05) is 6.04 Å². The first-order valence-electron chi connectivity index (χ1n) is 7.99. The van der Waals surface area contributed by atoms with Crippen LogP contribution in [0.3, 0.4) is 0 Å². The van der Waals surface area contributed by atoms with Gasteiger partial charge in [0.1, 0.15) is 6.79 Å². The normalized spacial score (nSPS) is 14.7.